The van der Waals surface area contributed by atoms with Crippen LogP contribution in [0.1, 0.15) is 13.8 Å². The molecule has 20 heavy (non-hydrogen) atoms. The van der Waals surface area contributed by atoms with Crippen LogP contribution in [0, 0.1) is 17.5 Å². The number of carbonyl (C=O) groups is 2. The van der Waals surface area contributed by atoms with Gasteiger partial charge in [-0.25, -0.2) is 13.2 Å². The Morgan fingerprint density at radius 1 is 1.15 bits per heavy atom. The molecule has 1 aromatic rings. The summed E-state index contributed by atoms with van der Waals surface area (Å²) in [4.78, 5) is 22.9. The lowest BCUT2D eigenvalue weighted by Crippen LogP contribution is -2.50. The third kappa shape index (κ3) is 3.70. The molecule has 0 aliphatic heterocycles. The second-order valence-electron chi connectivity index (χ2n) is 4.67. The summed E-state index contributed by atoms with van der Waals surface area (Å²) in [6.07, 6.45) is 0. The van der Waals surface area contributed by atoms with Crippen LogP contribution in [0.5, 0.6) is 0 Å². The smallest absolute Gasteiger partial charge is 0.313 e. The van der Waals surface area contributed by atoms with Crippen LogP contribution in [-0.2, 0) is 9.59 Å². The molecule has 0 saturated carbocycles. The SMILES string of the molecule is CC(C)(CO)NC(=O)C(=O)Nc1ccc(F)c(F)c1F. The van der Waals surface area contributed by atoms with Crippen molar-refractivity contribution in [1.29, 1.82) is 0 Å². The normalized spacial score (nSPS) is 11.1. The minimum atomic E-state index is -1.75. The summed E-state index contributed by atoms with van der Waals surface area (Å²) in [5.74, 6) is -7.18. The van der Waals surface area contributed by atoms with Gasteiger partial charge in [-0.2, -0.15) is 0 Å². The van der Waals surface area contributed by atoms with Gasteiger partial charge in [0.2, 0.25) is 0 Å². The number of rotatable bonds is 3. The molecule has 110 valence electrons. The Labute approximate surface area is 112 Å². The summed E-state index contributed by atoms with van der Waals surface area (Å²) in [5, 5.41) is 12.9. The topological polar surface area (TPSA) is 78.4 Å². The molecule has 0 spiro atoms. The molecular weight excluding hydrogens is 277 g/mol. The maximum absolute atomic E-state index is 13.3. The van der Waals surface area contributed by atoms with E-state index < -0.39 is 47.1 Å². The number of hydrogen-bond donors (Lipinski definition) is 3. The molecule has 1 rings (SSSR count). The Bertz CT molecular complexity index is 547. The van der Waals surface area contributed by atoms with E-state index in [9.17, 15) is 22.8 Å². The molecule has 0 fully saturated rings. The summed E-state index contributed by atoms with van der Waals surface area (Å²) < 4.78 is 38.9. The summed E-state index contributed by atoms with van der Waals surface area (Å²) >= 11 is 0. The Morgan fingerprint density at radius 3 is 2.30 bits per heavy atom. The number of amides is 2. The fourth-order valence-electron chi connectivity index (χ4n) is 1.21. The lowest BCUT2D eigenvalue weighted by molar-refractivity contribution is -0.137. The maximum Gasteiger partial charge on any atom is 0.313 e. The second-order valence-corrected chi connectivity index (χ2v) is 4.67. The Kier molecular flexibility index (Phi) is 4.72. The molecule has 0 aliphatic rings. The second kappa shape index (κ2) is 5.91. The van der Waals surface area contributed by atoms with E-state index in [1.165, 1.54) is 13.8 Å². The first-order valence-corrected chi connectivity index (χ1v) is 5.56. The standard InChI is InChI=1S/C12H13F3N2O3/c1-12(2,5-18)17-11(20)10(19)16-7-4-3-6(13)8(14)9(7)15/h3-4,18H,5H2,1-2H3,(H,16,19)(H,17,20). The molecule has 0 saturated heterocycles. The Hall–Kier alpha value is -2.09. The van der Waals surface area contributed by atoms with Crippen molar-refractivity contribution in [2.45, 2.75) is 19.4 Å². The van der Waals surface area contributed by atoms with Crippen molar-refractivity contribution in [3.63, 3.8) is 0 Å². The average Bonchev–Trinajstić information content (AvgIpc) is 2.39. The molecule has 0 aliphatic carbocycles. The predicted molar refractivity (Wildman–Crippen MR) is 64.3 cm³/mol. The highest BCUT2D eigenvalue weighted by Crippen LogP contribution is 2.19. The van der Waals surface area contributed by atoms with E-state index in [4.69, 9.17) is 5.11 Å². The van der Waals surface area contributed by atoms with E-state index in [1.54, 1.807) is 0 Å². The number of nitrogens with one attached hydrogen (secondary N) is 2. The van der Waals surface area contributed by atoms with E-state index >= 15 is 0 Å². The summed E-state index contributed by atoms with van der Waals surface area (Å²) in [5.41, 5.74) is -1.72. The van der Waals surface area contributed by atoms with Crippen LogP contribution in [0.4, 0.5) is 18.9 Å². The minimum Gasteiger partial charge on any atom is -0.394 e. The zero-order chi connectivity index (χ0) is 15.5. The number of aliphatic hydroxyl groups excluding tert-OH is 1. The van der Waals surface area contributed by atoms with Gasteiger partial charge in [-0.05, 0) is 26.0 Å². The molecule has 2 amide bonds. The van der Waals surface area contributed by atoms with Crippen molar-refractivity contribution >= 4 is 17.5 Å². The molecular formula is C12H13F3N2O3. The number of carbonyl (C=O) groups excluding carboxylic acids is 2. The van der Waals surface area contributed by atoms with Crippen LogP contribution in [0.3, 0.4) is 0 Å². The first-order chi connectivity index (χ1) is 9.18. The van der Waals surface area contributed by atoms with Crippen LogP contribution in [-0.4, -0.2) is 29.1 Å². The zero-order valence-corrected chi connectivity index (χ0v) is 10.8. The molecule has 0 radical (unpaired) electrons. The van der Waals surface area contributed by atoms with Gasteiger partial charge in [-0.15, -0.1) is 0 Å². The maximum atomic E-state index is 13.3. The van der Waals surface area contributed by atoms with Crippen molar-refractivity contribution in [3.8, 4) is 0 Å². The highest BCUT2D eigenvalue weighted by Gasteiger charge is 2.25. The van der Waals surface area contributed by atoms with Crippen LogP contribution in [0.2, 0.25) is 0 Å². The molecule has 0 unspecified atom stereocenters. The third-order valence-electron chi connectivity index (χ3n) is 2.34. The zero-order valence-electron chi connectivity index (χ0n) is 10.8. The largest absolute Gasteiger partial charge is 0.394 e. The summed E-state index contributed by atoms with van der Waals surface area (Å²) in [6, 6.07) is 1.40. The lowest BCUT2D eigenvalue weighted by Gasteiger charge is -2.22. The summed E-state index contributed by atoms with van der Waals surface area (Å²) in [7, 11) is 0. The lowest BCUT2D eigenvalue weighted by atomic mass is 10.1. The fourth-order valence-corrected chi connectivity index (χ4v) is 1.21. The van der Waals surface area contributed by atoms with Crippen molar-refractivity contribution in [3.05, 3.63) is 29.6 Å². The first-order valence-electron chi connectivity index (χ1n) is 5.56. The van der Waals surface area contributed by atoms with Gasteiger partial charge in [0.1, 0.15) is 0 Å². The van der Waals surface area contributed by atoms with Gasteiger partial charge in [0.05, 0.1) is 17.8 Å². The van der Waals surface area contributed by atoms with E-state index in [0.29, 0.717) is 6.07 Å². The van der Waals surface area contributed by atoms with E-state index in [1.807, 2.05) is 5.32 Å². The van der Waals surface area contributed by atoms with Gasteiger partial charge in [-0.3, -0.25) is 9.59 Å². The van der Waals surface area contributed by atoms with Crippen LogP contribution in [0.25, 0.3) is 0 Å². The Morgan fingerprint density at radius 2 is 1.75 bits per heavy atom. The predicted octanol–water partition coefficient (Wildman–Crippen LogP) is 0.929. The molecule has 5 nitrogen and oxygen atoms in total. The van der Waals surface area contributed by atoms with Crippen LogP contribution in [0.15, 0.2) is 12.1 Å². The average molecular weight is 290 g/mol. The van der Waals surface area contributed by atoms with Gasteiger partial charge in [-0.1, -0.05) is 0 Å². The molecule has 0 heterocycles. The number of halogens is 3. The first kappa shape index (κ1) is 16.0. The molecule has 3 N–H and O–H groups in total. The van der Waals surface area contributed by atoms with Crippen molar-refractivity contribution in [2.75, 3.05) is 11.9 Å². The van der Waals surface area contributed by atoms with Gasteiger partial charge in [0.25, 0.3) is 0 Å². The van der Waals surface area contributed by atoms with Gasteiger partial charge < -0.3 is 15.7 Å². The number of benzene rings is 1. The molecule has 0 aromatic heterocycles. The quantitative estimate of drug-likeness (QED) is 0.572. The van der Waals surface area contributed by atoms with Gasteiger partial charge in [0, 0.05) is 0 Å². The number of aliphatic hydroxyl groups is 1. The van der Waals surface area contributed by atoms with Crippen LogP contribution >= 0.6 is 0 Å². The van der Waals surface area contributed by atoms with Crippen molar-refractivity contribution in [2.24, 2.45) is 0 Å². The monoisotopic (exact) mass is 290 g/mol. The van der Waals surface area contributed by atoms with Crippen molar-refractivity contribution < 1.29 is 27.9 Å². The van der Waals surface area contributed by atoms with Gasteiger partial charge in [0.15, 0.2) is 17.5 Å². The highest BCUT2D eigenvalue weighted by atomic mass is 19.2. The molecule has 8 heteroatoms. The van der Waals surface area contributed by atoms with Crippen molar-refractivity contribution in [1.82, 2.24) is 5.32 Å². The highest BCUT2D eigenvalue weighted by molar-refractivity contribution is 6.39. The van der Waals surface area contributed by atoms with E-state index in [2.05, 4.69) is 5.32 Å². The summed E-state index contributed by atoms with van der Waals surface area (Å²) in [6.45, 7) is 2.48. The minimum absolute atomic E-state index is 0.425. The third-order valence-corrected chi connectivity index (χ3v) is 2.34. The number of anilines is 1. The number of hydrogen-bond acceptors (Lipinski definition) is 3. The molecule has 1 aromatic carbocycles. The van der Waals surface area contributed by atoms with E-state index in [0.717, 1.165) is 6.07 Å². The Balaban J connectivity index is 2.82. The fraction of sp³-hybridized carbons (Fsp3) is 0.333. The van der Waals surface area contributed by atoms with Gasteiger partial charge >= 0.3 is 11.8 Å². The molecule has 0 atom stereocenters. The van der Waals surface area contributed by atoms with Crippen LogP contribution < -0.4 is 10.6 Å². The molecule has 0 bridgehead atoms. The van der Waals surface area contributed by atoms with E-state index in [-0.39, 0.29) is 0 Å².